The number of hydrogen-bond donors (Lipinski definition) is 1. The third kappa shape index (κ3) is 6.12. The molecule has 3 aromatic carbocycles. The Morgan fingerprint density at radius 1 is 1.03 bits per heavy atom. The van der Waals surface area contributed by atoms with Crippen molar-refractivity contribution in [3.05, 3.63) is 104 Å². The molecule has 0 aliphatic heterocycles. The van der Waals surface area contributed by atoms with Crippen LogP contribution in [0, 0.1) is 24.0 Å². The molecule has 1 aromatic heterocycles. The Bertz CT molecular complexity index is 1450. The van der Waals surface area contributed by atoms with Gasteiger partial charge in [-0.05, 0) is 67.4 Å². The molecule has 0 saturated carbocycles. The minimum atomic E-state index is -0.569. The van der Waals surface area contributed by atoms with E-state index in [1.54, 1.807) is 42.6 Å². The van der Waals surface area contributed by atoms with E-state index < -0.39 is 10.8 Å². The zero-order chi connectivity index (χ0) is 25.8. The van der Waals surface area contributed by atoms with Gasteiger partial charge in [-0.25, -0.2) is 4.68 Å². The van der Waals surface area contributed by atoms with Gasteiger partial charge in [0, 0.05) is 28.4 Å². The van der Waals surface area contributed by atoms with E-state index in [0.717, 1.165) is 11.1 Å². The Morgan fingerprint density at radius 2 is 1.83 bits per heavy atom. The first-order valence-corrected chi connectivity index (χ1v) is 11.4. The third-order valence-corrected chi connectivity index (χ3v) is 5.75. The Kier molecular flexibility index (Phi) is 7.42. The number of nitro groups is 1. The van der Waals surface area contributed by atoms with Crippen molar-refractivity contribution in [1.82, 2.24) is 9.78 Å². The normalized spacial score (nSPS) is 10.7. The van der Waals surface area contributed by atoms with Crippen LogP contribution in [-0.4, -0.2) is 20.6 Å². The molecular weight excluding hydrogens is 507 g/mol. The van der Waals surface area contributed by atoms with Gasteiger partial charge in [-0.1, -0.05) is 23.2 Å². The Balaban J connectivity index is 1.47. The predicted octanol–water partition coefficient (Wildman–Crippen LogP) is 6.80. The standard InChI is InChI=1S/C25H20Cl2N4O5/c1-15-10-20(4-5-22(15)27)36-21-12-18(11-19(13-21)31(33)34)28-25(32)23-7-8-30(29-23)14-35-24-6-3-17(26)9-16(24)2/h3-13H,14H2,1-2H3,(H,28,32). The molecule has 1 N–H and O–H groups in total. The molecule has 0 aliphatic rings. The fourth-order valence-corrected chi connectivity index (χ4v) is 3.64. The van der Waals surface area contributed by atoms with Gasteiger partial charge in [0.05, 0.1) is 16.7 Å². The number of aryl methyl sites for hydroxylation is 2. The highest BCUT2D eigenvalue weighted by atomic mass is 35.5. The summed E-state index contributed by atoms with van der Waals surface area (Å²) in [6, 6.07) is 15.8. The van der Waals surface area contributed by atoms with Crippen molar-refractivity contribution in [2.45, 2.75) is 20.6 Å². The van der Waals surface area contributed by atoms with Crippen LogP contribution in [0.15, 0.2) is 66.9 Å². The van der Waals surface area contributed by atoms with Gasteiger partial charge in [0.2, 0.25) is 0 Å². The monoisotopic (exact) mass is 526 g/mol. The van der Waals surface area contributed by atoms with E-state index in [1.807, 2.05) is 13.8 Å². The van der Waals surface area contributed by atoms with Crippen molar-refractivity contribution >= 4 is 40.5 Å². The molecule has 0 atom stereocenters. The lowest BCUT2D eigenvalue weighted by Gasteiger charge is -2.10. The molecule has 11 heteroatoms. The molecule has 9 nitrogen and oxygen atoms in total. The van der Waals surface area contributed by atoms with Gasteiger partial charge in [0.1, 0.15) is 17.2 Å². The number of carbonyl (C=O) groups excluding carboxylic acids is 1. The summed E-state index contributed by atoms with van der Waals surface area (Å²) in [6.45, 7) is 3.76. The molecule has 0 fully saturated rings. The van der Waals surface area contributed by atoms with Crippen molar-refractivity contribution < 1.29 is 19.2 Å². The van der Waals surface area contributed by atoms with Gasteiger partial charge in [0.15, 0.2) is 12.4 Å². The smallest absolute Gasteiger partial charge is 0.276 e. The average Bonchev–Trinajstić information content (AvgIpc) is 3.30. The van der Waals surface area contributed by atoms with Crippen LogP contribution >= 0.6 is 23.2 Å². The maximum Gasteiger partial charge on any atom is 0.276 e. The van der Waals surface area contributed by atoms with Crippen molar-refractivity contribution in [1.29, 1.82) is 0 Å². The van der Waals surface area contributed by atoms with E-state index in [4.69, 9.17) is 32.7 Å². The van der Waals surface area contributed by atoms with Crippen LogP contribution in [0.1, 0.15) is 21.6 Å². The highest BCUT2D eigenvalue weighted by molar-refractivity contribution is 6.31. The largest absolute Gasteiger partial charge is 0.471 e. The molecule has 1 heterocycles. The zero-order valence-electron chi connectivity index (χ0n) is 19.2. The summed E-state index contributed by atoms with van der Waals surface area (Å²) in [6.07, 6.45) is 1.59. The number of nitrogens with zero attached hydrogens (tertiary/aromatic N) is 3. The first-order chi connectivity index (χ1) is 17.2. The maximum atomic E-state index is 12.8. The van der Waals surface area contributed by atoms with Crippen molar-refractivity contribution in [2.75, 3.05) is 5.32 Å². The first-order valence-electron chi connectivity index (χ1n) is 10.7. The van der Waals surface area contributed by atoms with Crippen LogP contribution in [0.4, 0.5) is 11.4 Å². The van der Waals surface area contributed by atoms with Crippen LogP contribution < -0.4 is 14.8 Å². The number of carbonyl (C=O) groups is 1. The predicted molar refractivity (Wildman–Crippen MR) is 136 cm³/mol. The van der Waals surface area contributed by atoms with Crippen LogP contribution in [-0.2, 0) is 6.73 Å². The Morgan fingerprint density at radius 3 is 2.56 bits per heavy atom. The summed E-state index contributed by atoms with van der Waals surface area (Å²) in [7, 11) is 0. The second-order valence-corrected chi connectivity index (χ2v) is 8.71. The molecule has 0 unspecified atom stereocenters. The molecule has 1 amide bonds. The number of nitro benzene ring substituents is 1. The van der Waals surface area contributed by atoms with E-state index in [2.05, 4.69) is 10.4 Å². The molecule has 4 rings (SSSR count). The highest BCUT2D eigenvalue weighted by Gasteiger charge is 2.16. The second kappa shape index (κ2) is 10.7. The van der Waals surface area contributed by atoms with Crippen molar-refractivity contribution in [3.8, 4) is 17.2 Å². The molecule has 0 radical (unpaired) electrons. The molecule has 4 aromatic rings. The Hall–Kier alpha value is -4.08. The van der Waals surface area contributed by atoms with E-state index in [0.29, 0.717) is 21.5 Å². The van der Waals surface area contributed by atoms with E-state index in [9.17, 15) is 14.9 Å². The summed E-state index contributed by atoms with van der Waals surface area (Å²) in [5.74, 6) is 0.717. The van der Waals surface area contributed by atoms with Gasteiger partial charge < -0.3 is 14.8 Å². The lowest BCUT2D eigenvalue weighted by molar-refractivity contribution is -0.384. The number of hydrogen-bond acceptors (Lipinski definition) is 6. The molecule has 0 aliphatic carbocycles. The lowest BCUT2D eigenvalue weighted by Crippen LogP contribution is -2.14. The van der Waals surface area contributed by atoms with Crippen LogP contribution in [0.5, 0.6) is 17.2 Å². The number of nitrogens with one attached hydrogen (secondary N) is 1. The Labute approximate surface area is 216 Å². The average molecular weight is 527 g/mol. The number of benzene rings is 3. The van der Waals surface area contributed by atoms with E-state index >= 15 is 0 Å². The van der Waals surface area contributed by atoms with Crippen molar-refractivity contribution in [3.63, 3.8) is 0 Å². The van der Waals surface area contributed by atoms with Crippen LogP contribution in [0.3, 0.4) is 0 Å². The minimum Gasteiger partial charge on any atom is -0.471 e. The number of rotatable bonds is 8. The van der Waals surface area contributed by atoms with E-state index in [-0.39, 0.29) is 29.5 Å². The van der Waals surface area contributed by atoms with Gasteiger partial charge >= 0.3 is 0 Å². The fraction of sp³-hybridized carbons (Fsp3) is 0.120. The topological polar surface area (TPSA) is 109 Å². The van der Waals surface area contributed by atoms with Crippen LogP contribution in [0.25, 0.3) is 0 Å². The fourth-order valence-electron chi connectivity index (χ4n) is 3.30. The number of anilines is 1. The number of ether oxygens (including phenoxy) is 2. The van der Waals surface area contributed by atoms with Crippen molar-refractivity contribution in [2.24, 2.45) is 0 Å². The van der Waals surface area contributed by atoms with Gasteiger partial charge in [0.25, 0.3) is 11.6 Å². The molecule has 0 saturated heterocycles. The minimum absolute atomic E-state index is 0.0745. The molecular formula is C25H20Cl2N4O5. The maximum absolute atomic E-state index is 12.8. The third-order valence-electron chi connectivity index (χ3n) is 5.09. The molecule has 0 bridgehead atoms. The van der Waals surface area contributed by atoms with Gasteiger partial charge in [-0.15, -0.1) is 0 Å². The summed E-state index contributed by atoms with van der Waals surface area (Å²) in [4.78, 5) is 23.6. The SMILES string of the molecule is Cc1cc(Oc2cc(NC(=O)c3ccn(COc4ccc(Cl)cc4C)n3)cc([N+](=O)[O-])c2)ccc1Cl. The number of non-ortho nitro benzene ring substituents is 1. The molecule has 184 valence electrons. The summed E-state index contributed by atoms with van der Waals surface area (Å²) in [5.41, 5.74) is 1.70. The summed E-state index contributed by atoms with van der Waals surface area (Å²) in [5, 5.41) is 19.4. The number of halogens is 2. The number of amides is 1. The van der Waals surface area contributed by atoms with Gasteiger partial charge in [-0.2, -0.15) is 5.10 Å². The quantitative estimate of drug-likeness (QED) is 0.200. The lowest BCUT2D eigenvalue weighted by atomic mass is 10.2. The van der Waals surface area contributed by atoms with Gasteiger partial charge in [-0.3, -0.25) is 14.9 Å². The van der Waals surface area contributed by atoms with E-state index in [1.165, 1.54) is 28.9 Å². The zero-order valence-corrected chi connectivity index (χ0v) is 20.7. The molecule has 36 heavy (non-hydrogen) atoms. The number of aromatic nitrogens is 2. The summed E-state index contributed by atoms with van der Waals surface area (Å²) < 4.78 is 13.0. The second-order valence-electron chi connectivity index (χ2n) is 7.86. The molecule has 0 spiro atoms. The van der Waals surface area contributed by atoms with Crippen LogP contribution in [0.2, 0.25) is 10.0 Å². The first kappa shape index (κ1) is 25.0. The highest BCUT2D eigenvalue weighted by Crippen LogP contribution is 2.31. The summed E-state index contributed by atoms with van der Waals surface area (Å²) >= 11 is 12.0.